The summed E-state index contributed by atoms with van der Waals surface area (Å²) in [5.41, 5.74) is 0. The number of likely N-dealkylation sites (tertiary alicyclic amines) is 1. The van der Waals surface area contributed by atoms with Gasteiger partial charge < -0.3 is 20.0 Å². The average Bonchev–Trinajstić information content (AvgIpc) is 2.97. The van der Waals surface area contributed by atoms with Crippen molar-refractivity contribution in [3.63, 3.8) is 0 Å². The molecule has 0 aliphatic carbocycles. The Bertz CT molecular complexity index is 463. The predicted molar refractivity (Wildman–Crippen MR) is 91.3 cm³/mol. The highest BCUT2D eigenvalue weighted by molar-refractivity contribution is 5.82. The highest BCUT2D eigenvalue weighted by atomic mass is 16.2. The fourth-order valence-corrected chi connectivity index (χ4v) is 3.51. The van der Waals surface area contributed by atoms with Crippen LogP contribution in [0.15, 0.2) is 0 Å². The monoisotopic (exact) mass is 338 g/mol. The lowest BCUT2D eigenvalue weighted by Gasteiger charge is -2.23. The van der Waals surface area contributed by atoms with E-state index >= 15 is 0 Å². The van der Waals surface area contributed by atoms with Gasteiger partial charge in [0.2, 0.25) is 17.7 Å². The number of rotatable bonds is 5. The summed E-state index contributed by atoms with van der Waals surface area (Å²) in [6.07, 6.45) is 3.89. The van der Waals surface area contributed by atoms with Gasteiger partial charge in [-0.2, -0.15) is 0 Å². The normalized spacial score (nSPS) is 22.3. The highest BCUT2D eigenvalue weighted by Crippen LogP contribution is 2.13. The molecule has 2 aliphatic rings. The Hall–Kier alpha value is -1.63. The van der Waals surface area contributed by atoms with Crippen LogP contribution in [0.25, 0.3) is 0 Å². The summed E-state index contributed by atoms with van der Waals surface area (Å²) < 4.78 is 0. The Morgan fingerprint density at radius 3 is 2.25 bits per heavy atom. The summed E-state index contributed by atoms with van der Waals surface area (Å²) in [4.78, 5) is 42.1. The summed E-state index contributed by atoms with van der Waals surface area (Å²) in [6, 6.07) is 0. The molecule has 0 bridgehead atoms. The zero-order chi connectivity index (χ0) is 17.5. The first kappa shape index (κ1) is 18.7. The smallest absolute Gasteiger partial charge is 0.226 e. The molecule has 1 atom stereocenters. The van der Waals surface area contributed by atoms with E-state index in [9.17, 15) is 14.4 Å². The topological polar surface area (TPSA) is 73.0 Å². The molecule has 0 aromatic rings. The van der Waals surface area contributed by atoms with Crippen molar-refractivity contribution in [2.45, 2.75) is 32.6 Å². The van der Waals surface area contributed by atoms with Gasteiger partial charge in [0.15, 0.2) is 0 Å². The van der Waals surface area contributed by atoms with Crippen LogP contribution in [0.4, 0.5) is 0 Å². The number of hydrogen-bond donors (Lipinski definition) is 1. The molecule has 2 heterocycles. The molecule has 1 N–H and O–H groups in total. The number of nitrogens with one attached hydrogen (secondary N) is 1. The van der Waals surface area contributed by atoms with E-state index in [1.165, 1.54) is 19.8 Å². The first-order valence-corrected chi connectivity index (χ1v) is 8.98. The Balaban J connectivity index is 1.88. The molecule has 2 rings (SSSR count). The molecular weight excluding hydrogens is 308 g/mol. The third-order valence-corrected chi connectivity index (χ3v) is 5.00. The molecule has 2 aliphatic heterocycles. The van der Waals surface area contributed by atoms with Crippen LogP contribution in [0.5, 0.6) is 0 Å². The molecule has 3 amide bonds. The van der Waals surface area contributed by atoms with Gasteiger partial charge in [0.1, 0.15) is 0 Å². The van der Waals surface area contributed by atoms with Crippen LogP contribution in [0.3, 0.4) is 0 Å². The lowest BCUT2D eigenvalue weighted by molar-refractivity contribution is -0.133. The minimum atomic E-state index is -0.357. The zero-order valence-electron chi connectivity index (χ0n) is 14.9. The van der Waals surface area contributed by atoms with E-state index in [4.69, 9.17) is 0 Å². The van der Waals surface area contributed by atoms with E-state index in [1.807, 2.05) is 0 Å². The Labute approximate surface area is 144 Å². The van der Waals surface area contributed by atoms with Crippen molar-refractivity contribution in [3.05, 3.63) is 0 Å². The molecule has 0 spiro atoms. The zero-order valence-corrected chi connectivity index (χ0v) is 14.9. The molecule has 2 fully saturated rings. The summed E-state index contributed by atoms with van der Waals surface area (Å²) in [6.45, 7) is 6.55. The molecular formula is C17H30N4O3. The van der Waals surface area contributed by atoms with Crippen LogP contribution in [0.1, 0.15) is 32.6 Å². The van der Waals surface area contributed by atoms with Crippen LogP contribution in [0, 0.1) is 5.92 Å². The van der Waals surface area contributed by atoms with Crippen LogP contribution >= 0.6 is 0 Å². The van der Waals surface area contributed by atoms with E-state index < -0.39 is 0 Å². The van der Waals surface area contributed by atoms with E-state index in [0.29, 0.717) is 32.6 Å². The summed E-state index contributed by atoms with van der Waals surface area (Å²) in [5.74, 6) is -0.428. The number of carbonyl (C=O) groups is 3. The molecule has 7 heteroatoms. The Morgan fingerprint density at radius 1 is 1.00 bits per heavy atom. The van der Waals surface area contributed by atoms with Crippen molar-refractivity contribution in [2.24, 2.45) is 5.92 Å². The van der Waals surface area contributed by atoms with Crippen molar-refractivity contribution in [2.75, 3.05) is 52.9 Å². The maximum atomic E-state index is 12.5. The molecule has 1 unspecified atom stereocenters. The Kier molecular flexibility index (Phi) is 7.02. The SMILES string of the molecule is CNC(=O)C1CN(C(C)=O)CCN(C(=O)CCCN2CCCC2)C1. The number of amides is 3. The van der Waals surface area contributed by atoms with E-state index in [0.717, 1.165) is 26.1 Å². The second-order valence-electron chi connectivity index (χ2n) is 6.77. The molecule has 7 nitrogen and oxygen atoms in total. The van der Waals surface area contributed by atoms with Crippen LogP contribution in [-0.4, -0.2) is 85.3 Å². The van der Waals surface area contributed by atoms with Gasteiger partial charge in [-0.1, -0.05) is 0 Å². The molecule has 136 valence electrons. The second kappa shape index (κ2) is 9.01. The van der Waals surface area contributed by atoms with Crippen molar-refractivity contribution in [3.8, 4) is 0 Å². The van der Waals surface area contributed by atoms with Crippen molar-refractivity contribution < 1.29 is 14.4 Å². The highest BCUT2D eigenvalue weighted by Gasteiger charge is 2.30. The van der Waals surface area contributed by atoms with E-state index in [2.05, 4.69) is 10.2 Å². The maximum absolute atomic E-state index is 12.5. The van der Waals surface area contributed by atoms with Gasteiger partial charge >= 0.3 is 0 Å². The average molecular weight is 338 g/mol. The lowest BCUT2D eigenvalue weighted by Crippen LogP contribution is -2.42. The predicted octanol–water partition coefficient (Wildman–Crippen LogP) is -0.0847. The first-order chi connectivity index (χ1) is 11.5. The summed E-state index contributed by atoms with van der Waals surface area (Å²) in [5, 5.41) is 2.64. The first-order valence-electron chi connectivity index (χ1n) is 8.98. The summed E-state index contributed by atoms with van der Waals surface area (Å²) in [7, 11) is 1.59. The van der Waals surface area contributed by atoms with Gasteiger partial charge in [0.05, 0.1) is 5.92 Å². The molecule has 0 aromatic carbocycles. The van der Waals surface area contributed by atoms with Crippen LogP contribution in [-0.2, 0) is 14.4 Å². The standard InChI is InChI=1S/C17H30N4O3/c1-14(22)20-10-11-21(13-15(12-20)17(24)18-2)16(23)6-5-9-19-7-3-4-8-19/h15H,3-13H2,1-2H3,(H,18,24). The fourth-order valence-electron chi connectivity index (χ4n) is 3.51. The molecule has 24 heavy (non-hydrogen) atoms. The quantitative estimate of drug-likeness (QED) is 0.761. The van der Waals surface area contributed by atoms with Crippen molar-refractivity contribution in [1.82, 2.24) is 20.0 Å². The number of nitrogens with zero attached hydrogens (tertiary/aromatic N) is 3. The lowest BCUT2D eigenvalue weighted by atomic mass is 10.1. The molecule has 0 saturated carbocycles. The second-order valence-corrected chi connectivity index (χ2v) is 6.77. The van der Waals surface area contributed by atoms with E-state index in [-0.39, 0.29) is 23.6 Å². The van der Waals surface area contributed by atoms with Crippen LogP contribution in [0.2, 0.25) is 0 Å². The van der Waals surface area contributed by atoms with E-state index in [1.54, 1.807) is 16.8 Å². The van der Waals surface area contributed by atoms with Gasteiger partial charge in [0.25, 0.3) is 0 Å². The number of carbonyl (C=O) groups excluding carboxylic acids is 3. The van der Waals surface area contributed by atoms with Crippen molar-refractivity contribution in [1.29, 1.82) is 0 Å². The fraction of sp³-hybridized carbons (Fsp3) is 0.824. The largest absolute Gasteiger partial charge is 0.359 e. The minimum Gasteiger partial charge on any atom is -0.359 e. The van der Waals surface area contributed by atoms with Crippen LogP contribution < -0.4 is 5.32 Å². The van der Waals surface area contributed by atoms with Gasteiger partial charge in [-0.05, 0) is 38.9 Å². The third kappa shape index (κ3) is 5.19. The third-order valence-electron chi connectivity index (χ3n) is 5.00. The van der Waals surface area contributed by atoms with Gasteiger partial charge in [-0.3, -0.25) is 14.4 Å². The Morgan fingerprint density at radius 2 is 1.62 bits per heavy atom. The van der Waals surface area contributed by atoms with Crippen molar-refractivity contribution >= 4 is 17.7 Å². The molecule has 0 radical (unpaired) electrons. The van der Waals surface area contributed by atoms with Gasteiger partial charge in [-0.25, -0.2) is 0 Å². The van der Waals surface area contributed by atoms with Gasteiger partial charge in [-0.15, -0.1) is 0 Å². The minimum absolute atomic E-state index is 0.0489. The number of hydrogen-bond acceptors (Lipinski definition) is 4. The maximum Gasteiger partial charge on any atom is 0.226 e. The molecule has 0 aromatic heterocycles. The molecule has 2 saturated heterocycles. The van der Waals surface area contributed by atoms with Gasteiger partial charge in [0, 0.05) is 46.6 Å². The summed E-state index contributed by atoms with van der Waals surface area (Å²) >= 11 is 0.